The molecule has 0 N–H and O–H groups in total. The third-order valence-corrected chi connectivity index (χ3v) is 3.01. The largest absolute Gasteiger partial charge is 0.327 e. The lowest BCUT2D eigenvalue weighted by molar-refractivity contribution is 0.0769. The molecule has 0 atom stereocenters. The first-order valence-electron chi connectivity index (χ1n) is 6.00. The van der Waals surface area contributed by atoms with Crippen molar-refractivity contribution in [2.24, 2.45) is 5.92 Å². The molecule has 0 bridgehead atoms. The second-order valence-electron chi connectivity index (χ2n) is 4.70. The first-order chi connectivity index (χ1) is 8.20. The van der Waals surface area contributed by atoms with Gasteiger partial charge in [0.2, 0.25) is 0 Å². The van der Waals surface area contributed by atoms with Crippen molar-refractivity contribution in [1.82, 2.24) is 4.90 Å². The summed E-state index contributed by atoms with van der Waals surface area (Å²) in [5, 5.41) is 0. The Kier molecular flexibility index (Phi) is 3.49. The molecule has 0 radical (unpaired) electrons. The lowest BCUT2D eigenvalue weighted by atomic mass is 10.1. The van der Waals surface area contributed by atoms with Crippen molar-refractivity contribution < 1.29 is 4.79 Å². The van der Waals surface area contributed by atoms with Crippen LogP contribution in [0, 0.1) is 25.2 Å². The maximum absolute atomic E-state index is 12.3. The van der Waals surface area contributed by atoms with E-state index >= 15 is 0 Å². The van der Waals surface area contributed by atoms with Crippen LogP contribution in [0.2, 0.25) is 0 Å². The van der Waals surface area contributed by atoms with E-state index < -0.39 is 0 Å². The quantitative estimate of drug-likeness (QED) is 0.724. The highest BCUT2D eigenvalue weighted by Gasteiger charge is 2.26. The van der Waals surface area contributed by atoms with Gasteiger partial charge in [-0.15, -0.1) is 6.42 Å². The molecule has 0 spiro atoms. The molecule has 1 fully saturated rings. The molecule has 1 amide bonds. The van der Waals surface area contributed by atoms with Crippen LogP contribution in [-0.4, -0.2) is 23.9 Å². The van der Waals surface area contributed by atoms with Crippen molar-refractivity contribution in [3.8, 4) is 12.3 Å². The van der Waals surface area contributed by atoms with Gasteiger partial charge in [0, 0.05) is 12.1 Å². The fourth-order valence-electron chi connectivity index (χ4n) is 1.90. The summed E-state index contributed by atoms with van der Waals surface area (Å²) in [5.41, 5.74) is 1.84. The highest BCUT2D eigenvalue weighted by molar-refractivity contribution is 5.94. The molecule has 0 aromatic heterocycles. The number of carbonyl (C=O) groups is 1. The monoisotopic (exact) mass is 227 g/mol. The SMILES string of the molecule is C#CCN(CC1CC1)C(=O)c1cccc(C)c1. The smallest absolute Gasteiger partial charge is 0.254 e. The molecule has 17 heavy (non-hydrogen) atoms. The van der Waals surface area contributed by atoms with Crippen LogP contribution in [0.3, 0.4) is 0 Å². The normalized spacial score (nSPS) is 14.1. The topological polar surface area (TPSA) is 20.3 Å². The van der Waals surface area contributed by atoms with Gasteiger partial charge in [0.05, 0.1) is 6.54 Å². The highest BCUT2D eigenvalue weighted by atomic mass is 16.2. The second kappa shape index (κ2) is 5.05. The number of benzene rings is 1. The molecule has 1 aromatic rings. The molecule has 88 valence electrons. The molecule has 1 saturated carbocycles. The zero-order valence-electron chi connectivity index (χ0n) is 10.1. The van der Waals surface area contributed by atoms with E-state index in [2.05, 4.69) is 5.92 Å². The minimum atomic E-state index is 0.0542. The zero-order chi connectivity index (χ0) is 12.3. The van der Waals surface area contributed by atoms with E-state index in [1.54, 1.807) is 4.90 Å². The van der Waals surface area contributed by atoms with Gasteiger partial charge in [-0.3, -0.25) is 4.79 Å². The predicted molar refractivity (Wildman–Crippen MR) is 68.6 cm³/mol. The van der Waals surface area contributed by atoms with E-state index in [0.29, 0.717) is 12.5 Å². The Morgan fingerprint density at radius 1 is 1.53 bits per heavy atom. The van der Waals surface area contributed by atoms with Gasteiger partial charge in [-0.1, -0.05) is 23.6 Å². The van der Waals surface area contributed by atoms with Crippen molar-refractivity contribution in [3.05, 3.63) is 35.4 Å². The van der Waals surface area contributed by atoms with E-state index in [4.69, 9.17) is 6.42 Å². The minimum Gasteiger partial charge on any atom is -0.327 e. The van der Waals surface area contributed by atoms with Crippen molar-refractivity contribution in [3.63, 3.8) is 0 Å². The van der Waals surface area contributed by atoms with E-state index in [9.17, 15) is 4.79 Å². The summed E-state index contributed by atoms with van der Waals surface area (Å²) in [4.78, 5) is 14.1. The summed E-state index contributed by atoms with van der Waals surface area (Å²) in [6.07, 6.45) is 7.78. The summed E-state index contributed by atoms with van der Waals surface area (Å²) >= 11 is 0. The number of nitrogens with zero attached hydrogens (tertiary/aromatic N) is 1. The second-order valence-corrected chi connectivity index (χ2v) is 4.70. The molecule has 0 saturated heterocycles. The van der Waals surface area contributed by atoms with Gasteiger partial charge < -0.3 is 4.90 Å². The van der Waals surface area contributed by atoms with Crippen LogP contribution in [0.1, 0.15) is 28.8 Å². The van der Waals surface area contributed by atoms with Crippen LogP contribution in [0.5, 0.6) is 0 Å². The number of rotatable bonds is 4. The molecule has 1 aliphatic rings. The molecular weight excluding hydrogens is 210 g/mol. The van der Waals surface area contributed by atoms with Gasteiger partial charge >= 0.3 is 0 Å². The van der Waals surface area contributed by atoms with Gasteiger partial charge in [0.25, 0.3) is 5.91 Å². The van der Waals surface area contributed by atoms with Crippen LogP contribution in [-0.2, 0) is 0 Å². The Balaban J connectivity index is 2.12. The number of amides is 1. The standard InChI is InChI=1S/C15H17NO/c1-3-9-16(11-13-7-8-13)15(17)14-6-4-5-12(2)10-14/h1,4-6,10,13H,7-9,11H2,2H3. The third-order valence-electron chi connectivity index (χ3n) is 3.01. The Bertz CT molecular complexity index is 454. The summed E-state index contributed by atoms with van der Waals surface area (Å²) in [5.74, 6) is 3.29. The molecule has 1 aliphatic carbocycles. The van der Waals surface area contributed by atoms with Gasteiger partial charge in [0.15, 0.2) is 0 Å². The minimum absolute atomic E-state index is 0.0542. The Morgan fingerprint density at radius 2 is 2.29 bits per heavy atom. The third kappa shape index (κ3) is 3.10. The average molecular weight is 227 g/mol. The summed E-state index contributed by atoms with van der Waals surface area (Å²) in [6, 6.07) is 7.67. The fourth-order valence-corrected chi connectivity index (χ4v) is 1.90. The molecule has 0 aliphatic heterocycles. The number of carbonyl (C=O) groups excluding carboxylic acids is 1. The summed E-state index contributed by atoms with van der Waals surface area (Å²) < 4.78 is 0. The maximum Gasteiger partial charge on any atom is 0.254 e. The van der Waals surface area contributed by atoms with E-state index in [-0.39, 0.29) is 5.91 Å². The molecule has 1 aromatic carbocycles. The predicted octanol–water partition coefficient (Wildman–Crippen LogP) is 2.48. The van der Waals surface area contributed by atoms with Crippen LogP contribution in [0.4, 0.5) is 0 Å². The van der Waals surface area contributed by atoms with E-state index in [0.717, 1.165) is 17.7 Å². The lowest BCUT2D eigenvalue weighted by Gasteiger charge is -2.20. The molecule has 2 heteroatoms. The van der Waals surface area contributed by atoms with Crippen molar-refractivity contribution in [2.75, 3.05) is 13.1 Å². The molecular formula is C15H17NO. The van der Waals surface area contributed by atoms with Crippen LogP contribution in [0.25, 0.3) is 0 Å². The van der Waals surface area contributed by atoms with Crippen molar-refractivity contribution in [1.29, 1.82) is 0 Å². The molecule has 2 rings (SSSR count). The average Bonchev–Trinajstić information content (AvgIpc) is 3.11. The summed E-state index contributed by atoms with van der Waals surface area (Å²) in [7, 11) is 0. The summed E-state index contributed by atoms with van der Waals surface area (Å²) in [6.45, 7) is 3.20. The molecule has 0 heterocycles. The van der Waals surface area contributed by atoms with Crippen molar-refractivity contribution in [2.45, 2.75) is 19.8 Å². The first kappa shape index (κ1) is 11.7. The maximum atomic E-state index is 12.3. The Hall–Kier alpha value is -1.75. The van der Waals surface area contributed by atoms with Crippen LogP contribution < -0.4 is 0 Å². The first-order valence-corrected chi connectivity index (χ1v) is 6.00. The number of hydrogen-bond donors (Lipinski definition) is 0. The zero-order valence-corrected chi connectivity index (χ0v) is 10.1. The van der Waals surface area contributed by atoms with Crippen LogP contribution in [0.15, 0.2) is 24.3 Å². The van der Waals surface area contributed by atoms with Crippen LogP contribution >= 0.6 is 0 Å². The van der Waals surface area contributed by atoms with Gasteiger partial charge in [-0.05, 0) is 37.8 Å². The van der Waals surface area contributed by atoms with E-state index in [1.807, 2.05) is 31.2 Å². The van der Waals surface area contributed by atoms with E-state index in [1.165, 1.54) is 12.8 Å². The van der Waals surface area contributed by atoms with Crippen molar-refractivity contribution >= 4 is 5.91 Å². The number of hydrogen-bond acceptors (Lipinski definition) is 1. The number of aryl methyl sites for hydroxylation is 1. The molecule has 2 nitrogen and oxygen atoms in total. The fraction of sp³-hybridized carbons (Fsp3) is 0.400. The van der Waals surface area contributed by atoms with Gasteiger partial charge in [-0.2, -0.15) is 0 Å². The lowest BCUT2D eigenvalue weighted by Crippen LogP contribution is -2.33. The number of terminal acetylenes is 1. The molecule has 0 unspecified atom stereocenters. The Labute approximate surface area is 103 Å². The Morgan fingerprint density at radius 3 is 2.88 bits per heavy atom. The highest BCUT2D eigenvalue weighted by Crippen LogP contribution is 2.30. The van der Waals surface area contributed by atoms with Gasteiger partial charge in [0.1, 0.15) is 0 Å². The van der Waals surface area contributed by atoms with Gasteiger partial charge in [-0.25, -0.2) is 0 Å².